The van der Waals surface area contributed by atoms with Gasteiger partial charge >= 0.3 is 0 Å². The van der Waals surface area contributed by atoms with Crippen molar-refractivity contribution >= 4 is 11.8 Å². The molecule has 5 aliphatic rings. The van der Waals surface area contributed by atoms with E-state index < -0.39 is 0 Å². The fraction of sp³-hybridized carbons (Fsp3) is 1.00. The molecule has 1 aliphatic heterocycles. The summed E-state index contributed by atoms with van der Waals surface area (Å²) in [6.45, 7) is 15.6. The monoisotopic (exact) mass is 404 g/mol. The maximum atomic E-state index is 10.7. The minimum atomic E-state index is -0.0779. The zero-order chi connectivity index (χ0) is 20.1. The predicted molar refractivity (Wildman–Crippen MR) is 120 cm³/mol. The topological polar surface area (TPSA) is 20.2 Å². The number of hydrogen-bond donors (Lipinski definition) is 1. The molecule has 5 fully saturated rings. The van der Waals surface area contributed by atoms with E-state index in [0.717, 1.165) is 23.5 Å². The molecule has 0 aromatic carbocycles. The van der Waals surface area contributed by atoms with E-state index in [2.05, 4.69) is 53.3 Å². The molecule has 4 aliphatic carbocycles. The summed E-state index contributed by atoms with van der Waals surface area (Å²) in [6.07, 6.45) is 11.1. The van der Waals surface area contributed by atoms with Gasteiger partial charge in [0.2, 0.25) is 0 Å². The molecule has 5 rings (SSSR count). The van der Waals surface area contributed by atoms with Gasteiger partial charge in [-0.25, -0.2) is 0 Å². The molecule has 0 radical (unpaired) electrons. The fourth-order valence-electron chi connectivity index (χ4n) is 9.90. The van der Waals surface area contributed by atoms with Crippen molar-refractivity contribution in [2.45, 2.75) is 104 Å². The van der Waals surface area contributed by atoms with Gasteiger partial charge in [-0.2, -0.15) is 11.8 Å². The van der Waals surface area contributed by atoms with Crippen LogP contribution in [0, 0.1) is 51.2 Å². The second-order valence-electron chi connectivity index (χ2n) is 12.9. The van der Waals surface area contributed by atoms with E-state index in [0.29, 0.717) is 39.4 Å². The molecule has 0 aromatic rings. The molecule has 28 heavy (non-hydrogen) atoms. The first-order valence-electron chi connectivity index (χ1n) is 12.4. The van der Waals surface area contributed by atoms with Crippen molar-refractivity contribution in [1.29, 1.82) is 0 Å². The van der Waals surface area contributed by atoms with Crippen LogP contribution in [0.3, 0.4) is 0 Å². The van der Waals surface area contributed by atoms with Gasteiger partial charge in [0.25, 0.3) is 0 Å². The number of aliphatic hydroxyl groups is 1. The van der Waals surface area contributed by atoms with E-state index in [1.54, 1.807) is 0 Å². The Balaban J connectivity index is 1.54. The summed E-state index contributed by atoms with van der Waals surface area (Å²) in [6, 6.07) is 0. The van der Waals surface area contributed by atoms with Crippen molar-refractivity contribution in [1.82, 2.24) is 0 Å². The lowest BCUT2D eigenvalue weighted by Crippen LogP contribution is -2.67. The van der Waals surface area contributed by atoms with Gasteiger partial charge in [-0.15, -0.1) is 0 Å². The number of thioether (sulfide) groups is 1. The van der Waals surface area contributed by atoms with Gasteiger partial charge in [-0.3, -0.25) is 0 Å². The van der Waals surface area contributed by atoms with Crippen molar-refractivity contribution < 1.29 is 5.11 Å². The normalized spacial score (nSPS) is 63.8. The van der Waals surface area contributed by atoms with Crippen LogP contribution in [0.2, 0.25) is 0 Å². The van der Waals surface area contributed by atoms with Crippen LogP contribution in [0.1, 0.15) is 92.9 Å². The molecule has 0 amide bonds. The number of hydrogen-bond acceptors (Lipinski definition) is 2. The second-order valence-corrected chi connectivity index (χ2v) is 14.0. The molecular weight excluding hydrogens is 360 g/mol. The van der Waals surface area contributed by atoms with E-state index in [-0.39, 0.29) is 6.10 Å². The van der Waals surface area contributed by atoms with Crippen LogP contribution in [0.5, 0.6) is 0 Å². The van der Waals surface area contributed by atoms with Crippen LogP contribution in [-0.2, 0) is 0 Å². The maximum absolute atomic E-state index is 10.7. The molecule has 1 heterocycles. The average molecular weight is 405 g/mol. The quantitative estimate of drug-likeness (QED) is 0.480. The average Bonchev–Trinajstić information content (AvgIpc) is 3.03. The van der Waals surface area contributed by atoms with Crippen molar-refractivity contribution in [3.63, 3.8) is 0 Å². The Morgan fingerprint density at radius 3 is 2.36 bits per heavy atom. The number of fused-ring (bicyclic) bond motifs is 7. The summed E-state index contributed by atoms with van der Waals surface area (Å²) in [5, 5.41) is 11.6. The molecule has 11 atom stereocenters. The largest absolute Gasteiger partial charge is 0.393 e. The van der Waals surface area contributed by atoms with Crippen LogP contribution in [0.25, 0.3) is 0 Å². The summed E-state index contributed by atoms with van der Waals surface area (Å²) in [4.78, 5) is 0. The highest BCUT2D eigenvalue weighted by atomic mass is 32.2. The number of aliphatic hydroxyl groups excluding tert-OH is 1. The molecular formula is C26H44OS. The summed E-state index contributed by atoms with van der Waals surface area (Å²) in [7, 11) is 0. The van der Waals surface area contributed by atoms with Crippen molar-refractivity contribution in [3.8, 4) is 0 Å². The van der Waals surface area contributed by atoms with E-state index in [1.807, 2.05) is 0 Å². The maximum Gasteiger partial charge on any atom is 0.0571 e. The van der Waals surface area contributed by atoms with Crippen LogP contribution in [-0.4, -0.2) is 22.2 Å². The first-order valence-corrected chi connectivity index (χ1v) is 13.4. The molecule has 2 heteroatoms. The van der Waals surface area contributed by atoms with Gasteiger partial charge in [0, 0.05) is 5.25 Å². The molecule has 160 valence electrons. The zero-order valence-corrected chi connectivity index (χ0v) is 20.1. The summed E-state index contributed by atoms with van der Waals surface area (Å²) in [5.74, 6) is 5.00. The van der Waals surface area contributed by atoms with Crippen LogP contribution in [0.15, 0.2) is 0 Å². The zero-order valence-electron chi connectivity index (χ0n) is 19.3. The van der Waals surface area contributed by atoms with E-state index in [4.69, 9.17) is 0 Å². The molecule has 0 spiro atoms. The van der Waals surface area contributed by atoms with E-state index in [1.165, 1.54) is 50.7 Å². The van der Waals surface area contributed by atoms with Crippen molar-refractivity contribution in [3.05, 3.63) is 0 Å². The lowest BCUT2D eigenvalue weighted by atomic mass is 9.37. The third-order valence-electron chi connectivity index (χ3n) is 12.3. The Hall–Kier alpha value is 0.310. The smallest absolute Gasteiger partial charge is 0.0571 e. The first kappa shape index (κ1) is 20.2. The first-order chi connectivity index (χ1) is 13.1. The molecule has 1 saturated heterocycles. The molecule has 0 aromatic heterocycles. The van der Waals surface area contributed by atoms with E-state index in [9.17, 15) is 5.11 Å². The van der Waals surface area contributed by atoms with Gasteiger partial charge in [0.1, 0.15) is 0 Å². The molecule has 4 unspecified atom stereocenters. The number of rotatable bonds is 0. The van der Waals surface area contributed by atoms with Crippen LogP contribution < -0.4 is 0 Å². The SMILES string of the molecule is CC1C[C@H](O)[C@H](C)C2CC[C@]3(C)C(CS[C@@H]4C5CCC[C@]5(C)CC[C@]43C)[C@@]12C. The van der Waals surface area contributed by atoms with Gasteiger partial charge in [-0.1, -0.05) is 48.0 Å². The Morgan fingerprint density at radius 1 is 0.857 bits per heavy atom. The molecule has 4 saturated carbocycles. The minimum Gasteiger partial charge on any atom is -0.393 e. The van der Waals surface area contributed by atoms with Crippen molar-refractivity contribution in [2.24, 2.45) is 51.2 Å². The lowest BCUT2D eigenvalue weighted by Gasteiger charge is -2.72. The van der Waals surface area contributed by atoms with Crippen molar-refractivity contribution in [2.75, 3.05) is 5.75 Å². The highest BCUT2D eigenvalue weighted by Crippen LogP contribution is 2.75. The van der Waals surface area contributed by atoms with Gasteiger partial charge in [0.15, 0.2) is 0 Å². The predicted octanol–water partition coefficient (Wildman–Crippen LogP) is 6.78. The van der Waals surface area contributed by atoms with Crippen LogP contribution in [0.4, 0.5) is 0 Å². The second kappa shape index (κ2) is 6.18. The summed E-state index contributed by atoms with van der Waals surface area (Å²) >= 11 is 2.40. The molecule has 0 bridgehead atoms. The Bertz CT molecular complexity index is 648. The van der Waals surface area contributed by atoms with Gasteiger partial charge < -0.3 is 5.11 Å². The third-order valence-corrected chi connectivity index (χ3v) is 14.0. The fourth-order valence-corrected chi connectivity index (χ4v) is 12.5. The molecule has 1 nitrogen and oxygen atoms in total. The molecule has 1 N–H and O–H groups in total. The Kier molecular flexibility index (Phi) is 4.46. The van der Waals surface area contributed by atoms with E-state index >= 15 is 0 Å². The highest BCUT2D eigenvalue weighted by Gasteiger charge is 2.69. The highest BCUT2D eigenvalue weighted by molar-refractivity contribution is 8.00. The van der Waals surface area contributed by atoms with Crippen LogP contribution >= 0.6 is 11.8 Å². The van der Waals surface area contributed by atoms with Gasteiger partial charge in [-0.05, 0) is 102 Å². The minimum absolute atomic E-state index is 0.0779. The Labute approximate surface area is 178 Å². The standard InChI is InChI=1S/C26H44OS/c1-16-14-20(27)17(2)18-9-11-24(4)21(26(16,18)6)15-28-22-19-8-7-10-23(19,3)12-13-25(22,24)5/h16-22,27H,7-15H2,1-6H3/t16?,17-,18?,19?,20+,21?,22-,23-,24-,25-,26+/m1/s1. The summed E-state index contributed by atoms with van der Waals surface area (Å²) in [5.41, 5.74) is 2.03. The van der Waals surface area contributed by atoms with Gasteiger partial charge in [0.05, 0.1) is 6.10 Å². The summed E-state index contributed by atoms with van der Waals surface area (Å²) < 4.78 is 0. The lowest BCUT2D eigenvalue weighted by molar-refractivity contribution is -0.199. The third kappa shape index (κ3) is 2.26. The Morgan fingerprint density at radius 2 is 1.61 bits per heavy atom.